The molecular weight excluding hydrogens is 504 g/mol. The summed E-state index contributed by atoms with van der Waals surface area (Å²) in [6.07, 6.45) is 3.90. The number of hydrogen-bond donors (Lipinski definition) is 0. The second-order valence-corrected chi connectivity index (χ2v) is 12.6. The van der Waals surface area contributed by atoms with Crippen LogP contribution in [0, 0.1) is 13.8 Å². The van der Waals surface area contributed by atoms with E-state index in [0.717, 1.165) is 61.1 Å². The van der Waals surface area contributed by atoms with Gasteiger partial charge < -0.3 is 4.90 Å². The van der Waals surface area contributed by atoms with E-state index in [4.69, 9.17) is 4.98 Å². The van der Waals surface area contributed by atoms with Gasteiger partial charge in [-0.1, -0.05) is 44.1 Å². The minimum Gasteiger partial charge on any atom is -0.302 e. The monoisotopic (exact) mass is 542 g/mol. The number of carbonyl (C=O) groups excluding carboxylic acids is 1. The molecule has 2 heterocycles. The first-order valence-electron chi connectivity index (χ1n) is 13.3. The molecule has 1 aliphatic rings. The SMILES string of the molecule is CCN(CC)CCN(C(=O)c1ccc(S(=O)(=O)N2CCCCCC2)cc1)c1nc2c(C)c(C)ccc2s1. The molecule has 0 atom stereocenters. The summed E-state index contributed by atoms with van der Waals surface area (Å²) in [5, 5.41) is 0.669. The summed E-state index contributed by atoms with van der Waals surface area (Å²) < 4.78 is 29.0. The Hall–Kier alpha value is -2.33. The van der Waals surface area contributed by atoms with Gasteiger partial charge in [0.1, 0.15) is 0 Å². The molecule has 0 bridgehead atoms. The Bertz CT molecular complexity index is 1320. The lowest BCUT2D eigenvalue weighted by Crippen LogP contribution is -2.39. The number of sulfonamides is 1. The van der Waals surface area contributed by atoms with Crippen LogP contribution in [0.5, 0.6) is 0 Å². The van der Waals surface area contributed by atoms with E-state index in [1.807, 2.05) is 0 Å². The van der Waals surface area contributed by atoms with Crippen molar-refractivity contribution in [3.05, 3.63) is 53.1 Å². The lowest BCUT2D eigenvalue weighted by atomic mass is 10.1. The number of fused-ring (bicyclic) bond motifs is 1. The highest BCUT2D eigenvalue weighted by Crippen LogP contribution is 2.33. The molecule has 0 aliphatic carbocycles. The fraction of sp³-hybridized carbons (Fsp3) is 0.500. The molecule has 0 unspecified atom stereocenters. The van der Waals surface area contributed by atoms with Gasteiger partial charge in [0.15, 0.2) is 5.13 Å². The lowest BCUT2D eigenvalue weighted by Gasteiger charge is -2.25. The smallest absolute Gasteiger partial charge is 0.260 e. The Labute approximate surface area is 225 Å². The van der Waals surface area contributed by atoms with Crippen molar-refractivity contribution in [1.82, 2.24) is 14.2 Å². The van der Waals surface area contributed by atoms with Gasteiger partial charge in [-0.15, -0.1) is 0 Å². The van der Waals surface area contributed by atoms with Crippen LogP contribution in [0.3, 0.4) is 0 Å². The second kappa shape index (κ2) is 12.0. The molecule has 0 spiro atoms. The molecule has 1 fully saturated rings. The van der Waals surface area contributed by atoms with Crippen LogP contribution in [0.1, 0.15) is 61.0 Å². The maximum absolute atomic E-state index is 13.8. The first-order chi connectivity index (χ1) is 17.8. The van der Waals surface area contributed by atoms with Crippen molar-refractivity contribution in [3.8, 4) is 0 Å². The number of aryl methyl sites for hydroxylation is 2. The highest BCUT2D eigenvalue weighted by molar-refractivity contribution is 7.89. The van der Waals surface area contributed by atoms with Crippen molar-refractivity contribution in [2.75, 3.05) is 44.2 Å². The van der Waals surface area contributed by atoms with E-state index in [1.54, 1.807) is 33.5 Å². The van der Waals surface area contributed by atoms with Gasteiger partial charge in [0.05, 0.1) is 15.1 Å². The summed E-state index contributed by atoms with van der Waals surface area (Å²) in [5.74, 6) is -0.167. The molecule has 1 aliphatic heterocycles. The number of carbonyl (C=O) groups is 1. The molecule has 1 aromatic heterocycles. The van der Waals surface area contributed by atoms with Gasteiger partial charge in [-0.2, -0.15) is 4.31 Å². The third-order valence-corrected chi connectivity index (χ3v) is 10.3. The van der Waals surface area contributed by atoms with E-state index in [0.29, 0.717) is 30.3 Å². The molecule has 7 nitrogen and oxygen atoms in total. The first kappa shape index (κ1) is 27.7. The molecule has 3 aromatic rings. The number of thiazole rings is 1. The quantitative estimate of drug-likeness (QED) is 0.359. The Morgan fingerprint density at radius 2 is 1.59 bits per heavy atom. The van der Waals surface area contributed by atoms with Crippen LogP contribution in [0.2, 0.25) is 0 Å². The van der Waals surface area contributed by atoms with Gasteiger partial charge >= 0.3 is 0 Å². The van der Waals surface area contributed by atoms with E-state index in [-0.39, 0.29) is 10.8 Å². The van der Waals surface area contributed by atoms with Crippen molar-refractivity contribution >= 4 is 42.6 Å². The molecule has 1 amide bonds. The van der Waals surface area contributed by atoms with E-state index >= 15 is 0 Å². The van der Waals surface area contributed by atoms with Gasteiger partial charge in [-0.25, -0.2) is 13.4 Å². The van der Waals surface area contributed by atoms with Crippen LogP contribution in [-0.2, 0) is 10.0 Å². The normalized spacial score (nSPS) is 15.3. The topological polar surface area (TPSA) is 73.8 Å². The number of rotatable bonds is 9. The van der Waals surface area contributed by atoms with Gasteiger partial charge in [0.2, 0.25) is 10.0 Å². The Morgan fingerprint density at radius 3 is 2.22 bits per heavy atom. The summed E-state index contributed by atoms with van der Waals surface area (Å²) in [6, 6.07) is 10.6. The standard InChI is InChI=1S/C28H38N4O3S2/c1-5-30(6-2)19-20-32(28-29-26-22(4)21(3)11-16-25(26)36-28)27(33)23-12-14-24(15-13-23)37(34,35)31-17-9-7-8-10-18-31/h11-16H,5-10,17-20H2,1-4H3. The first-order valence-corrected chi connectivity index (χ1v) is 15.5. The molecule has 200 valence electrons. The number of benzene rings is 2. The van der Waals surface area contributed by atoms with Crippen LogP contribution >= 0.6 is 11.3 Å². The third kappa shape index (κ3) is 6.06. The Balaban J connectivity index is 1.63. The minimum atomic E-state index is -3.56. The zero-order valence-electron chi connectivity index (χ0n) is 22.4. The number of nitrogens with zero attached hydrogens (tertiary/aromatic N) is 4. The van der Waals surface area contributed by atoms with Crippen LogP contribution in [0.4, 0.5) is 5.13 Å². The number of likely N-dealkylation sites (N-methyl/N-ethyl adjacent to an activating group) is 1. The van der Waals surface area contributed by atoms with Crippen LogP contribution < -0.4 is 4.90 Å². The summed E-state index contributed by atoms with van der Waals surface area (Å²) in [7, 11) is -3.56. The fourth-order valence-electron chi connectivity index (χ4n) is 4.75. The molecule has 4 rings (SSSR count). The average Bonchev–Trinajstić information content (AvgIpc) is 3.13. The van der Waals surface area contributed by atoms with Crippen LogP contribution in [0.15, 0.2) is 41.3 Å². The maximum atomic E-state index is 13.8. The van der Waals surface area contributed by atoms with Gasteiger partial charge in [0, 0.05) is 31.7 Å². The summed E-state index contributed by atoms with van der Waals surface area (Å²) in [4.78, 5) is 22.9. The molecule has 37 heavy (non-hydrogen) atoms. The number of anilines is 1. The van der Waals surface area contributed by atoms with Crippen molar-refractivity contribution < 1.29 is 13.2 Å². The van der Waals surface area contributed by atoms with Crippen molar-refractivity contribution in [2.45, 2.75) is 58.3 Å². The van der Waals surface area contributed by atoms with E-state index in [9.17, 15) is 13.2 Å². The number of hydrogen-bond acceptors (Lipinski definition) is 6. The van der Waals surface area contributed by atoms with Gasteiger partial charge in [-0.05, 0) is 81.2 Å². The second-order valence-electron chi connectivity index (χ2n) is 9.68. The highest BCUT2D eigenvalue weighted by Gasteiger charge is 2.27. The highest BCUT2D eigenvalue weighted by atomic mass is 32.2. The molecular formula is C28H38N4O3S2. The van der Waals surface area contributed by atoms with E-state index in [2.05, 4.69) is 44.7 Å². The lowest BCUT2D eigenvalue weighted by molar-refractivity contribution is 0.0983. The molecule has 1 saturated heterocycles. The molecule has 0 saturated carbocycles. The predicted molar refractivity (Wildman–Crippen MR) is 152 cm³/mol. The van der Waals surface area contributed by atoms with Crippen molar-refractivity contribution in [3.63, 3.8) is 0 Å². The van der Waals surface area contributed by atoms with Crippen molar-refractivity contribution in [2.24, 2.45) is 0 Å². The predicted octanol–water partition coefficient (Wildman–Crippen LogP) is 5.47. The molecule has 9 heteroatoms. The minimum absolute atomic E-state index is 0.167. The fourth-order valence-corrected chi connectivity index (χ4v) is 7.32. The average molecular weight is 543 g/mol. The molecule has 0 radical (unpaired) electrons. The third-order valence-electron chi connectivity index (χ3n) is 7.39. The van der Waals surface area contributed by atoms with Crippen molar-refractivity contribution in [1.29, 1.82) is 0 Å². The van der Waals surface area contributed by atoms with E-state index in [1.165, 1.54) is 16.9 Å². The van der Waals surface area contributed by atoms with Crippen LogP contribution in [-0.4, -0.2) is 67.8 Å². The summed E-state index contributed by atoms with van der Waals surface area (Å²) in [6.45, 7) is 12.5. The van der Waals surface area contributed by atoms with Gasteiger partial charge in [-0.3, -0.25) is 9.69 Å². The Kier molecular flexibility index (Phi) is 9.00. The van der Waals surface area contributed by atoms with Gasteiger partial charge in [0.25, 0.3) is 5.91 Å². The molecule has 0 N–H and O–H groups in total. The number of aromatic nitrogens is 1. The largest absolute Gasteiger partial charge is 0.302 e. The zero-order valence-corrected chi connectivity index (χ0v) is 24.0. The van der Waals surface area contributed by atoms with Crippen LogP contribution in [0.25, 0.3) is 10.2 Å². The zero-order chi connectivity index (χ0) is 26.6. The number of amides is 1. The summed E-state index contributed by atoms with van der Waals surface area (Å²) in [5.41, 5.74) is 3.69. The molecule has 2 aromatic carbocycles. The van der Waals surface area contributed by atoms with E-state index < -0.39 is 10.0 Å². The Morgan fingerprint density at radius 1 is 0.946 bits per heavy atom. The maximum Gasteiger partial charge on any atom is 0.260 e. The summed E-state index contributed by atoms with van der Waals surface area (Å²) >= 11 is 1.52.